The van der Waals surface area contributed by atoms with Crippen molar-refractivity contribution in [3.05, 3.63) is 18.3 Å². The Hall–Kier alpha value is -1.30. The van der Waals surface area contributed by atoms with Gasteiger partial charge in [0.15, 0.2) is 0 Å². The van der Waals surface area contributed by atoms with E-state index in [1.165, 1.54) is 0 Å². The third-order valence-electron chi connectivity index (χ3n) is 2.65. The predicted octanol–water partition coefficient (Wildman–Crippen LogP) is 2.84. The summed E-state index contributed by atoms with van der Waals surface area (Å²) < 4.78 is 25.9. The van der Waals surface area contributed by atoms with Crippen LogP contribution in [0.2, 0.25) is 0 Å². The summed E-state index contributed by atoms with van der Waals surface area (Å²) in [7, 11) is -3.26. The molecule has 1 aromatic heterocycles. The van der Waals surface area contributed by atoms with E-state index in [1.54, 1.807) is 12.3 Å². The molecule has 0 aliphatic carbocycles. The van der Waals surface area contributed by atoms with Crippen molar-refractivity contribution < 1.29 is 8.42 Å². The maximum atomic E-state index is 11.7. The zero-order chi connectivity index (χ0) is 14.1. The lowest BCUT2D eigenvalue weighted by atomic mass is 10.3. The number of anilines is 2. The Morgan fingerprint density at radius 1 is 1.16 bits per heavy atom. The van der Waals surface area contributed by atoms with Gasteiger partial charge in [0, 0.05) is 6.54 Å². The summed E-state index contributed by atoms with van der Waals surface area (Å²) in [5.74, 6) is 0.513. The third-order valence-corrected chi connectivity index (χ3v) is 4.00. The average Bonchev–Trinajstić information content (AvgIpc) is 2.38. The van der Waals surface area contributed by atoms with E-state index in [9.17, 15) is 8.42 Å². The van der Waals surface area contributed by atoms with Crippen LogP contribution >= 0.6 is 0 Å². The first kappa shape index (κ1) is 15.8. The molecule has 0 amide bonds. The summed E-state index contributed by atoms with van der Waals surface area (Å²) in [5, 5.41) is 3.23. The highest BCUT2D eigenvalue weighted by molar-refractivity contribution is 7.92. The van der Waals surface area contributed by atoms with Crippen LogP contribution in [0.25, 0.3) is 0 Å². The van der Waals surface area contributed by atoms with Gasteiger partial charge in [0.2, 0.25) is 10.0 Å². The van der Waals surface area contributed by atoms with E-state index >= 15 is 0 Å². The van der Waals surface area contributed by atoms with Gasteiger partial charge < -0.3 is 5.32 Å². The van der Waals surface area contributed by atoms with Crippen LogP contribution in [0.1, 0.15) is 39.5 Å². The summed E-state index contributed by atoms with van der Waals surface area (Å²) >= 11 is 0. The molecule has 108 valence electrons. The molecule has 0 aromatic carbocycles. The molecular formula is C13H23N3O2S. The smallest absolute Gasteiger partial charge is 0.233 e. The van der Waals surface area contributed by atoms with E-state index < -0.39 is 10.0 Å². The largest absolute Gasteiger partial charge is 0.384 e. The molecule has 1 aromatic rings. The van der Waals surface area contributed by atoms with Crippen LogP contribution in [0.15, 0.2) is 18.3 Å². The zero-order valence-electron chi connectivity index (χ0n) is 11.6. The number of hydrogen-bond acceptors (Lipinski definition) is 4. The van der Waals surface area contributed by atoms with Gasteiger partial charge in [0.25, 0.3) is 0 Å². The molecule has 6 heteroatoms. The van der Waals surface area contributed by atoms with Crippen molar-refractivity contribution >= 4 is 21.5 Å². The topological polar surface area (TPSA) is 71.1 Å². The quantitative estimate of drug-likeness (QED) is 0.684. The Labute approximate surface area is 115 Å². The minimum atomic E-state index is -3.26. The van der Waals surface area contributed by atoms with Crippen LogP contribution in [-0.4, -0.2) is 25.7 Å². The van der Waals surface area contributed by atoms with Gasteiger partial charge in [-0.15, -0.1) is 0 Å². The van der Waals surface area contributed by atoms with Crippen LogP contribution < -0.4 is 10.0 Å². The minimum absolute atomic E-state index is 0.141. The normalized spacial score (nSPS) is 11.3. The number of aromatic nitrogens is 1. The highest BCUT2D eigenvalue weighted by atomic mass is 32.2. The Kier molecular flexibility index (Phi) is 6.62. The van der Waals surface area contributed by atoms with Crippen molar-refractivity contribution in [2.75, 3.05) is 22.3 Å². The molecule has 0 radical (unpaired) electrons. The molecule has 0 fully saturated rings. The Bertz CT molecular complexity index is 457. The van der Waals surface area contributed by atoms with E-state index in [4.69, 9.17) is 0 Å². The highest BCUT2D eigenvalue weighted by Gasteiger charge is 2.09. The number of unbranched alkanes of at least 4 members (excludes halogenated alkanes) is 2. The third kappa shape index (κ3) is 6.42. The molecule has 1 rings (SSSR count). The van der Waals surface area contributed by atoms with Crippen LogP contribution in [0, 0.1) is 0 Å². The van der Waals surface area contributed by atoms with Gasteiger partial charge in [0.05, 0.1) is 17.6 Å². The summed E-state index contributed by atoms with van der Waals surface area (Å²) in [5.41, 5.74) is 0.907. The molecule has 0 atom stereocenters. The maximum Gasteiger partial charge on any atom is 0.233 e. The van der Waals surface area contributed by atoms with E-state index in [-0.39, 0.29) is 5.75 Å². The molecule has 5 nitrogen and oxygen atoms in total. The minimum Gasteiger partial charge on any atom is -0.384 e. The number of hydrogen-bond donors (Lipinski definition) is 2. The van der Waals surface area contributed by atoms with E-state index in [1.807, 2.05) is 13.0 Å². The average molecular weight is 285 g/mol. The molecule has 0 aliphatic rings. The molecule has 19 heavy (non-hydrogen) atoms. The maximum absolute atomic E-state index is 11.7. The SMILES string of the molecule is CCCCNc1ccc(NS(=O)(=O)CCCC)nc1. The lowest BCUT2D eigenvalue weighted by Gasteiger charge is -2.08. The zero-order valence-corrected chi connectivity index (χ0v) is 12.5. The number of rotatable bonds is 9. The van der Waals surface area contributed by atoms with Gasteiger partial charge in [0.1, 0.15) is 5.82 Å². The fourth-order valence-corrected chi connectivity index (χ4v) is 2.72. The van der Waals surface area contributed by atoms with Gasteiger partial charge in [-0.05, 0) is 25.0 Å². The van der Waals surface area contributed by atoms with E-state index in [0.717, 1.165) is 31.5 Å². The van der Waals surface area contributed by atoms with Gasteiger partial charge >= 0.3 is 0 Å². The number of nitrogens with one attached hydrogen (secondary N) is 2. The van der Waals surface area contributed by atoms with Crippen molar-refractivity contribution in [2.45, 2.75) is 39.5 Å². The molecule has 0 bridgehead atoms. The number of sulfonamides is 1. The van der Waals surface area contributed by atoms with E-state index in [0.29, 0.717) is 12.2 Å². The van der Waals surface area contributed by atoms with Gasteiger partial charge in [-0.25, -0.2) is 13.4 Å². The Balaban J connectivity index is 2.52. The Morgan fingerprint density at radius 2 is 1.89 bits per heavy atom. The lowest BCUT2D eigenvalue weighted by Crippen LogP contribution is -2.17. The molecule has 0 spiro atoms. The first-order valence-electron chi connectivity index (χ1n) is 6.78. The lowest BCUT2D eigenvalue weighted by molar-refractivity contribution is 0.597. The van der Waals surface area contributed by atoms with Crippen LogP contribution in [0.5, 0.6) is 0 Å². The monoisotopic (exact) mass is 285 g/mol. The summed E-state index contributed by atoms with van der Waals surface area (Å²) in [6.45, 7) is 5.00. The fraction of sp³-hybridized carbons (Fsp3) is 0.615. The second kappa shape index (κ2) is 7.99. The van der Waals surface area contributed by atoms with Gasteiger partial charge in [-0.3, -0.25) is 4.72 Å². The predicted molar refractivity (Wildman–Crippen MR) is 80.0 cm³/mol. The second-order valence-corrected chi connectivity index (χ2v) is 6.33. The van der Waals surface area contributed by atoms with Crippen molar-refractivity contribution in [1.82, 2.24) is 4.98 Å². The van der Waals surface area contributed by atoms with Crippen LogP contribution in [-0.2, 0) is 10.0 Å². The first-order valence-corrected chi connectivity index (χ1v) is 8.43. The van der Waals surface area contributed by atoms with E-state index in [2.05, 4.69) is 21.9 Å². The van der Waals surface area contributed by atoms with Crippen LogP contribution in [0.3, 0.4) is 0 Å². The van der Waals surface area contributed by atoms with Crippen LogP contribution in [0.4, 0.5) is 11.5 Å². The van der Waals surface area contributed by atoms with Gasteiger partial charge in [-0.1, -0.05) is 26.7 Å². The van der Waals surface area contributed by atoms with Crippen molar-refractivity contribution in [1.29, 1.82) is 0 Å². The molecular weight excluding hydrogens is 262 g/mol. The standard InChI is InChI=1S/C13H23N3O2S/c1-3-5-9-14-12-7-8-13(15-11-12)16-19(17,18)10-6-4-2/h7-8,11,14H,3-6,9-10H2,1-2H3,(H,15,16). The van der Waals surface area contributed by atoms with Crippen molar-refractivity contribution in [2.24, 2.45) is 0 Å². The molecule has 0 saturated heterocycles. The van der Waals surface area contributed by atoms with Gasteiger partial charge in [-0.2, -0.15) is 0 Å². The number of pyridine rings is 1. The molecule has 0 aliphatic heterocycles. The molecule has 0 unspecified atom stereocenters. The highest BCUT2D eigenvalue weighted by Crippen LogP contribution is 2.11. The summed E-state index contributed by atoms with van der Waals surface area (Å²) in [6, 6.07) is 3.51. The summed E-state index contributed by atoms with van der Waals surface area (Å²) in [4.78, 5) is 4.10. The number of nitrogens with zero attached hydrogens (tertiary/aromatic N) is 1. The fourth-order valence-electron chi connectivity index (χ4n) is 1.51. The second-order valence-electron chi connectivity index (χ2n) is 4.49. The van der Waals surface area contributed by atoms with Crippen molar-refractivity contribution in [3.8, 4) is 0 Å². The van der Waals surface area contributed by atoms with Crippen molar-refractivity contribution in [3.63, 3.8) is 0 Å². The molecule has 0 saturated carbocycles. The first-order chi connectivity index (χ1) is 9.07. The molecule has 1 heterocycles. The summed E-state index contributed by atoms with van der Waals surface area (Å²) in [6.07, 6.45) is 5.40. The Morgan fingerprint density at radius 3 is 2.47 bits per heavy atom. The molecule has 2 N–H and O–H groups in total.